The Labute approximate surface area is 112 Å². The van der Waals surface area contributed by atoms with E-state index in [0.717, 1.165) is 31.7 Å². The van der Waals surface area contributed by atoms with Gasteiger partial charge in [0.2, 0.25) is 0 Å². The van der Waals surface area contributed by atoms with Crippen LogP contribution in [0.15, 0.2) is 0 Å². The van der Waals surface area contributed by atoms with Crippen LogP contribution in [0.3, 0.4) is 0 Å². The van der Waals surface area contributed by atoms with Crippen LogP contribution in [0, 0.1) is 5.92 Å². The molecule has 3 nitrogen and oxygen atoms in total. The van der Waals surface area contributed by atoms with Crippen LogP contribution >= 0.6 is 0 Å². The summed E-state index contributed by atoms with van der Waals surface area (Å²) >= 11 is 0. The van der Waals surface area contributed by atoms with Crippen LogP contribution in [0.4, 0.5) is 0 Å². The molecule has 4 atom stereocenters. The quantitative estimate of drug-likeness (QED) is 0.814. The lowest BCUT2D eigenvalue weighted by Crippen LogP contribution is -2.49. The molecule has 0 aromatic heterocycles. The van der Waals surface area contributed by atoms with Gasteiger partial charge in [0.25, 0.3) is 0 Å². The third-order valence-electron chi connectivity index (χ3n) is 4.59. The Morgan fingerprint density at radius 1 is 1.33 bits per heavy atom. The largest absolute Gasteiger partial charge is 0.377 e. The Bertz CT molecular complexity index is 241. The zero-order valence-corrected chi connectivity index (χ0v) is 12.3. The van der Waals surface area contributed by atoms with Crippen LogP contribution in [-0.2, 0) is 4.74 Å². The van der Waals surface area contributed by atoms with Crippen molar-refractivity contribution in [1.82, 2.24) is 10.2 Å². The van der Waals surface area contributed by atoms with Crippen molar-refractivity contribution in [3.63, 3.8) is 0 Å². The van der Waals surface area contributed by atoms with E-state index in [0.29, 0.717) is 12.1 Å². The van der Waals surface area contributed by atoms with E-state index in [1.165, 1.54) is 32.2 Å². The number of likely N-dealkylation sites (tertiary alicyclic amines) is 1. The molecule has 3 heteroatoms. The minimum absolute atomic E-state index is 0.469. The Kier molecular flexibility index (Phi) is 5.46. The molecule has 1 N–H and O–H groups in total. The highest BCUT2D eigenvalue weighted by atomic mass is 16.5. The molecule has 4 unspecified atom stereocenters. The topological polar surface area (TPSA) is 24.5 Å². The fraction of sp³-hybridized carbons (Fsp3) is 1.00. The maximum Gasteiger partial charge on any atom is 0.0700 e. The molecule has 0 bridgehead atoms. The first-order valence-electron chi connectivity index (χ1n) is 7.75. The Morgan fingerprint density at radius 2 is 2.17 bits per heavy atom. The van der Waals surface area contributed by atoms with E-state index < -0.39 is 0 Å². The lowest BCUT2D eigenvalue weighted by molar-refractivity contribution is 0.0814. The molecule has 2 aliphatic heterocycles. The summed E-state index contributed by atoms with van der Waals surface area (Å²) in [6.07, 6.45) is 5.66. The minimum Gasteiger partial charge on any atom is -0.377 e. The molecule has 2 rings (SSSR count). The first-order valence-corrected chi connectivity index (χ1v) is 7.75. The molecule has 2 fully saturated rings. The Balaban J connectivity index is 1.65. The summed E-state index contributed by atoms with van der Waals surface area (Å²) in [5.74, 6) is 0.906. The second kappa shape index (κ2) is 6.88. The summed E-state index contributed by atoms with van der Waals surface area (Å²) in [7, 11) is 0. The highest BCUT2D eigenvalue weighted by Gasteiger charge is 2.26. The molecule has 2 aliphatic rings. The van der Waals surface area contributed by atoms with E-state index in [9.17, 15) is 0 Å². The van der Waals surface area contributed by atoms with Gasteiger partial charge in [-0.2, -0.15) is 0 Å². The average Bonchev–Trinajstić information content (AvgIpc) is 2.81. The van der Waals surface area contributed by atoms with Crippen LogP contribution in [0.1, 0.15) is 46.5 Å². The lowest BCUT2D eigenvalue weighted by atomic mass is 9.92. The van der Waals surface area contributed by atoms with Crippen molar-refractivity contribution in [2.45, 2.75) is 64.6 Å². The van der Waals surface area contributed by atoms with Gasteiger partial charge < -0.3 is 10.1 Å². The van der Waals surface area contributed by atoms with Crippen molar-refractivity contribution < 1.29 is 4.74 Å². The van der Waals surface area contributed by atoms with Gasteiger partial charge in [-0.25, -0.2) is 0 Å². The van der Waals surface area contributed by atoms with Crippen molar-refractivity contribution >= 4 is 0 Å². The van der Waals surface area contributed by atoms with Crippen molar-refractivity contribution in [3.8, 4) is 0 Å². The Morgan fingerprint density at radius 3 is 2.83 bits per heavy atom. The predicted molar refractivity (Wildman–Crippen MR) is 75.9 cm³/mol. The maximum atomic E-state index is 5.64. The number of ether oxygens (including phenoxy) is 1. The molecule has 0 radical (unpaired) electrons. The molecule has 0 aliphatic carbocycles. The molecular weight excluding hydrogens is 224 g/mol. The molecule has 2 heterocycles. The average molecular weight is 254 g/mol. The van der Waals surface area contributed by atoms with Gasteiger partial charge in [0.15, 0.2) is 0 Å². The van der Waals surface area contributed by atoms with Crippen LogP contribution in [0.25, 0.3) is 0 Å². The first kappa shape index (κ1) is 14.3. The van der Waals surface area contributed by atoms with Crippen molar-refractivity contribution in [2.75, 3.05) is 26.2 Å². The number of nitrogens with one attached hydrogen (secondary N) is 1. The SMILES string of the molecule is CC1CCN(C(C)CNCC2CCCO2)C(C)C1. The van der Waals surface area contributed by atoms with Gasteiger partial charge in [0.1, 0.15) is 0 Å². The molecule has 106 valence electrons. The third kappa shape index (κ3) is 3.94. The molecule has 0 aromatic carbocycles. The van der Waals surface area contributed by atoms with E-state index in [1.54, 1.807) is 0 Å². The highest BCUT2D eigenvalue weighted by Crippen LogP contribution is 2.23. The smallest absolute Gasteiger partial charge is 0.0700 e. The number of hydrogen-bond acceptors (Lipinski definition) is 3. The van der Waals surface area contributed by atoms with Crippen LogP contribution in [0.5, 0.6) is 0 Å². The minimum atomic E-state index is 0.469. The van der Waals surface area contributed by atoms with Crippen molar-refractivity contribution in [2.24, 2.45) is 5.92 Å². The molecule has 2 saturated heterocycles. The number of piperidine rings is 1. The van der Waals surface area contributed by atoms with Gasteiger partial charge in [0, 0.05) is 31.8 Å². The second-order valence-electron chi connectivity index (χ2n) is 6.36. The van der Waals surface area contributed by atoms with Gasteiger partial charge in [-0.3, -0.25) is 4.90 Å². The van der Waals surface area contributed by atoms with Gasteiger partial charge >= 0.3 is 0 Å². The monoisotopic (exact) mass is 254 g/mol. The summed E-state index contributed by atoms with van der Waals surface area (Å²) < 4.78 is 5.64. The molecular formula is C15H30N2O. The first-order chi connectivity index (χ1) is 8.66. The maximum absolute atomic E-state index is 5.64. The van der Waals surface area contributed by atoms with E-state index in [4.69, 9.17) is 4.74 Å². The summed E-state index contributed by atoms with van der Waals surface area (Å²) in [6, 6.07) is 1.39. The molecule has 18 heavy (non-hydrogen) atoms. The lowest BCUT2D eigenvalue weighted by Gasteiger charge is -2.40. The van der Waals surface area contributed by atoms with Gasteiger partial charge in [0.05, 0.1) is 6.10 Å². The fourth-order valence-electron chi connectivity index (χ4n) is 3.46. The summed E-state index contributed by atoms with van der Waals surface area (Å²) in [4.78, 5) is 2.67. The molecule has 0 amide bonds. The van der Waals surface area contributed by atoms with Crippen molar-refractivity contribution in [3.05, 3.63) is 0 Å². The fourth-order valence-corrected chi connectivity index (χ4v) is 3.46. The van der Waals surface area contributed by atoms with E-state index in [2.05, 4.69) is 31.0 Å². The Hall–Kier alpha value is -0.120. The van der Waals surface area contributed by atoms with Crippen LogP contribution in [-0.4, -0.2) is 49.3 Å². The van der Waals surface area contributed by atoms with Gasteiger partial charge in [-0.1, -0.05) is 6.92 Å². The number of hydrogen-bond donors (Lipinski definition) is 1. The number of rotatable bonds is 5. The van der Waals surface area contributed by atoms with Gasteiger partial charge in [-0.15, -0.1) is 0 Å². The van der Waals surface area contributed by atoms with E-state index in [-0.39, 0.29) is 0 Å². The van der Waals surface area contributed by atoms with Crippen LogP contribution in [0.2, 0.25) is 0 Å². The third-order valence-corrected chi connectivity index (χ3v) is 4.59. The van der Waals surface area contributed by atoms with E-state index >= 15 is 0 Å². The number of nitrogens with zero attached hydrogens (tertiary/aromatic N) is 1. The predicted octanol–water partition coefficient (Wildman–Crippen LogP) is 2.26. The summed E-state index contributed by atoms with van der Waals surface area (Å²) in [6.45, 7) is 11.5. The zero-order chi connectivity index (χ0) is 13.0. The standard InChI is InChI=1S/C15H30N2O/c1-12-6-7-17(13(2)9-12)14(3)10-16-11-15-5-4-8-18-15/h12-16H,4-11H2,1-3H3. The van der Waals surface area contributed by atoms with Gasteiger partial charge in [-0.05, 0) is 52.0 Å². The normalized spacial score (nSPS) is 35.8. The van der Waals surface area contributed by atoms with Crippen LogP contribution < -0.4 is 5.32 Å². The summed E-state index contributed by atoms with van der Waals surface area (Å²) in [5, 5.41) is 3.59. The molecule has 0 aromatic rings. The van der Waals surface area contributed by atoms with Crippen molar-refractivity contribution in [1.29, 1.82) is 0 Å². The second-order valence-corrected chi connectivity index (χ2v) is 6.36. The summed E-state index contributed by atoms with van der Waals surface area (Å²) in [5.41, 5.74) is 0. The van der Waals surface area contributed by atoms with E-state index in [1.807, 2.05) is 0 Å². The zero-order valence-electron chi connectivity index (χ0n) is 12.3. The molecule has 0 spiro atoms. The molecule has 0 saturated carbocycles. The highest BCUT2D eigenvalue weighted by molar-refractivity contribution is 4.82.